The zero-order valence-electron chi connectivity index (χ0n) is 13.2. The van der Waals surface area contributed by atoms with Crippen LogP contribution in [0, 0.1) is 11.3 Å². The molecule has 0 atom stereocenters. The van der Waals surface area contributed by atoms with E-state index in [1.165, 1.54) is 29.7 Å². The number of nitrogens with one attached hydrogen (secondary N) is 2. The third kappa shape index (κ3) is 3.74. The van der Waals surface area contributed by atoms with Gasteiger partial charge >= 0.3 is 0 Å². The molecule has 4 heteroatoms. The van der Waals surface area contributed by atoms with Crippen LogP contribution in [0.3, 0.4) is 0 Å². The maximum Gasteiger partial charge on any atom is 0.290 e. The molecule has 0 radical (unpaired) electrons. The molecule has 1 heterocycles. The monoisotopic (exact) mass is 288 g/mol. The molecule has 114 valence electrons. The highest BCUT2D eigenvalue weighted by molar-refractivity contribution is 5.56. The van der Waals surface area contributed by atoms with E-state index in [1.54, 1.807) is 7.11 Å². The average molecular weight is 288 g/mol. The van der Waals surface area contributed by atoms with Crippen molar-refractivity contribution in [3.63, 3.8) is 0 Å². The van der Waals surface area contributed by atoms with E-state index in [2.05, 4.69) is 23.3 Å². The normalized spacial score (nSPS) is 13.6. The van der Waals surface area contributed by atoms with Crippen molar-refractivity contribution < 1.29 is 9.72 Å². The lowest BCUT2D eigenvalue weighted by Gasteiger charge is -2.19. The van der Waals surface area contributed by atoms with Gasteiger partial charge in [-0.3, -0.25) is 5.32 Å². The third-order valence-corrected chi connectivity index (χ3v) is 4.10. The first-order valence-electron chi connectivity index (χ1n) is 8.04. The van der Waals surface area contributed by atoms with E-state index in [0.717, 1.165) is 56.6 Å². The van der Waals surface area contributed by atoms with Crippen LogP contribution in [-0.2, 0) is 24.0 Å². The van der Waals surface area contributed by atoms with E-state index >= 15 is 0 Å². The second kappa shape index (κ2) is 7.99. The lowest BCUT2D eigenvalue weighted by atomic mass is 9.87. The van der Waals surface area contributed by atoms with E-state index in [9.17, 15) is 5.26 Å². The summed E-state index contributed by atoms with van der Waals surface area (Å²) in [6.45, 7) is 3.76. The summed E-state index contributed by atoms with van der Waals surface area (Å²) in [6, 6.07) is 2.41. The Morgan fingerprint density at radius 3 is 2.71 bits per heavy atom. The van der Waals surface area contributed by atoms with Gasteiger partial charge < -0.3 is 4.74 Å². The second-order valence-electron chi connectivity index (χ2n) is 5.65. The number of hydrogen-bond acceptors (Lipinski definition) is 3. The molecule has 1 aromatic rings. The number of aromatic amines is 1. The van der Waals surface area contributed by atoms with Gasteiger partial charge in [-0.15, -0.1) is 0 Å². The SMILES string of the molecule is CCCc1[nH+]c(NCCCOC)c(C#N)c2c1CCCC2. The third-order valence-electron chi connectivity index (χ3n) is 4.10. The molecular formula is C17H26N3O+. The van der Waals surface area contributed by atoms with Crippen molar-refractivity contribution in [2.24, 2.45) is 0 Å². The molecule has 0 bridgehead atoms. The lowest BCUT2D eigenvalue weighted by Crippen LogP contribution is -2.26. The van der Waals surface area contributed by atoms with Gasteiger partial charge in [-0.05, 0) is 43.2 Å². The van der Waals surface area contributed by atoms with Crippen LogP contribution in [0.2, 0.25) is 0 Å². The van der Waals surface area contributed by atoms with Crippen molar-refractivity contribution in [2.45, 2.75) is 51.9 Å². The molecule has 0 aliphatic heterocycles. The Hall–Kier alpha value is -1.60. The van der Waals surface area contributed by atoms with E-state index in [4.69, 9.17) is 4.74 Å². The van der Waals surface area contributed by atoms with Crippen molar-refractivity contribution >= 4 is 5.82 Å². The molecule has 0 aromatic carbocycles. The number of pyridine rings is 1. The zero-order valence-corrected chi connectivity index (χ0v) is 13.2. The van der Waals surface area contributed by atoms with E-state index in [0.29, 0.717) is 0 Å². The van der Waals surface area contributed by atoms with Gasteiger partial charge in [0.2, 0.25) is 0 Å². The Labute approximate surface area is 127 Å². The standard InChI is InChI=1S/C17H25N3O/c1-3-7-16-14-9-5-4-8-13(14)15(12-18)17(20-16)19-10-6-11-21-2/h3-11H2,1-2H3,(H,19,20)/p+1. The first-order valence-corrected chi connectivity index (χ1v) is 8.04. The molecule has 1 aliphatic carbocycles. The lowest BCUT2D eigenvalue weighted by molar-refractivity contribution is -0.375. The van der Waals surface area contributed by atoms with Crippen LogP contribution in [0.1, 0.15) is 55.0 Å². The average Bonchev–Trinajstić information content (AvgIpc) is 2.52. The van der Waals surface area contributed by atoms with Crippen LogP contribution in [0.5, 0.6) is 0 Å². The molecule has 0 amide bonds. The summed E-state index contributed by atoms with van der Waals surface area (Å²) < 4.78 is 5.07. The van der Waals surface area contributed by atoms with Crippen molar-refractivity contribution in [3.05, 3.63) is 22.4 Å². The Balaban J connectivity index is 2.30. The van der Waals surface area contributed by atoms with Crippen molar-refractivity contribution in [3.8, 4) is 6.07 Å². The van der Waals surface area contributed by atoms with E-state index in [1.807, 2.05) is 0 Å². The van der Waals surface area contributed by atoms with Crippen LogP contribution in [0.15, 0.2) is 0 Å². The molecule has 21 heavy (non-hydrogen) atoms. The molecular weight excluding hydrogens is 262 g/mol. The molecule has 0 fully saturated rings. The van der Waals surface area contributed by atoms with Crippen LogP contribution >= 0.6 is 0 Å². The maximum absolute atomic E-state index is 9.56. The molecule has 0 saturated carbocycles. The van der Waals surface area contributed by atoms with Crippen molar-refractivity contribution in [2.75, 3.05) is 25.6 Å². The quantitative estimate of drug-likeness (QED) is 0.785. The number of aromatic nitrogens is 1. The first-order chi connectivity index (χ1) is 10.3. The summed E-state index contributed by atoms with van der Waals surface area (Å²) in [6.07, 6.45) is 7.70. The molecule has 4 nitrogen and oxygen atoms in total. The fraction of sp³-hybridized carbons (Fsp3) is 0.647. The van der Waals surface area contributed by atoms with Gasteiger partial charge in [0.15, 0.2) is 0 Å². The van der Waals surface area contributed by atoms with Crippen molar-refractivity contribution in [1.82, 2.24) is 0 Å². The van der Waals surface area contributed by atoms with Gasteiger partial charge in [0, 0.05) is 26.6 Å². The molecule has 0 saturated heterocycles. The molecule has 1 aromatic heterocycles. The minimum absolute atomic E-state index is 0.738. The number of rotatable bonds is 7. The molecule has 2 N–H and O–H groups in total. The smallest absolute Gasteiger partial charge is 0.290 e. The summed E-state index contributed by atoms with van der Waals surface area (Å²) in [5.41, 5.74) is 4.82. The number of methoxy groups -OCH3 is 1. The number of nitriles is 1. The van der Waals surface area contributed by atoms with Gasteiger partial charge in [0.25, 0.3) is 5.82 Å². The fourth-order valence-electron chi connectivity index (χ4n) is 3.10. The van der Waals surface area contributed by atoms with Gasteiger partial charge in [0.05, 0.1) is 6.54 Å². The highest BCUT2D eigenvalue weighted by Gasteiger charge is 2.24. The minimum atomic E-state index is 0.738. The second-order valence-corrected chi connectivity index (χ2v) is 5.65. The summed E-state index contributed by atoms with van der Waals surface area (Å²) in [7, 11) is 1.71. The van der Waals surface area contributed by atoms with Gasteiger partial charge in [0.1, 0.15) is 17.3 Å². The Morgan fingerprint density at radius 2 is 2.05 bits per heavy atom. The summed E-state index contributed by atoms with van der Waals surface area (Å²) in [4.78, 5) is 3.50. The Kier molecular flexibility index (Phi) is 6.01. The zero-order chi connectivity index (χ0) is 15.1. The molecule has 0 spiro atoms. The predicted octanol–water partition coefficient (Wildman–Crippen LogP) is 2.65. The molecule has 1 aliphatic rings. The number of nitrogens with zero attached hydrogens (tertiary/aromatic N) is 1. The Bertz CT molecular complexity index is 520. The van der Waals surface area contributed by atoms with Gasteiger partial charge in [-0.25, -0.2) is 4.98 Å². The highest BCUT2D eigenvalue weighted by Crippen LogP contribution is 2.28. The largest absolute Gasteiger partial charge is 0.385 e. The summed E-state index contributed by atoms with van der Waals surface area (Å²) in [5.74, 6) is 0.901. The predicted molar refractivity (Wildman–Crippen MR) is 83.3 cm³/mol. The number of anilines is 1. The van der Waals surface area contributed by atoms with Gasteiger partial charge in [-0.2, -0.15) is 5.26 Å². The number of fused-ring (bicyclic) bond motifs is 1. The fourth-order valence-corrected chi connectivity index (χ4v) is 3.10. The minimum Gasteiger partial charge on any atom is -0.385 e. The highest BCUT2D eigenvalue weighted by atomic mass is 16.5. The number of H-pyrrole nitrogens is 1. The molecule has 2 rings (SSSR count). The van der Waals surface area contributed by atoms with E-state index < -0.39 is 0 Å². The summed E-state index contributed by atoms with van der Waals surface area (Å²) >= 11 is 0. The molecule has 0 unspecified atom stereocenters. The van der Waals surface area contributed by atoms with Crippen molar-refractivity contribution in [1.29, 1.82) is 5.26 Å². The van der Waals surface area contributed by atoms with E-state index in [-0.39, 0.29) is 0 Å². The van der Waals surface area contributed by atoms with Crippen LogP contribution < -0.4 is 10.3 Å². The van der Waals surface area contributed by atoms with Crippen LogP contribution in [-0.4, -0.2) is 20.3 Å². The van der Waals surface area contributed by atoms with Crippen LogP contribution in [0.25, 0.3) is 0 Å². The summed E-state index contributed by atoms with van der Waals surface area (Å²) in [5, 5.41) is 13.0. The van der Waals surface area contributed by atoms with Crippen LogP contribution in [0.4, 0.5) is 5.82 Å². The topological polar surface area (TPSA) is 59.2 Å². The Morgan fingerprint density at radius 1 is 1.29 bits per heavy atom. The first kappa shape index (κ1) is 15.8. The number of aryl methyl sites for hydroxylation is 1. The number of hydrogen-bond donors (Lipinski definition) is 1. The van der Waals surface area contributed by atoms with Gasteiger partial charge in [-0.1, -0.05) is 6.92 Å². The number of ether oxygens (including phenoxy) is 1. The maximum atomic E-state index is 9.56.